The molecule has 0 atom stereocenters. The molecule has 0 saturated carbocycles. The predicted molar refractivity (Wildman–Crippen MR) is 77.7 cm³/mol. The fourth-order valence-electron chi connectivity index (χ4n) is 1.31. The fraction of sp³-hybridized carbons (Fsp3) is 0. The number of hydrogen-bond acceptors (Lipinski definition) is 6. The highest BCUT2D eigenvalue weighted by Crippen LogP contribution is 2.28. The van der Waals surface area contributed by atoms with Gasteiger partial charge in [-0.2, -0.15) is 10.3 Å². The van der Waals surface area contributed by atoms with Crippen molar-refractivity contribution in [3.05, 3.63) is 24.3 Å². The lowest BCUT2D eigenvalue weighted by Gasteiger charge is -1.96. The summed E-state index contributed by atoms with van der Waals surface area (Å²) in [4.78, 5) is 7.86. The third-order valence-corrected chi connectivity index (χ3v) is 2.96. The van der Waals surface area contributed by atoms with Gasteiger partial charge in [0, 0.05) is 5.56 Å². The van der Waals surface area contributed by atoms with Crippen molar-refractivity contribution in [3.63, 3.8) is 0 Å². The van der Waals surface area contributed by atoms with E-state index in [4.69, 9.17) is 16.7 Å². The minimum atomic E-state index is -0.0534. The van der Waals surface area contributed by atoms with Gasteiger partial charge in [0.05, 0.1) is 5.69 Å². The number of aromatic nitrogens is 2. The Balaban J connectivity index is 2.16. The molecule has 9 heteroatoms. The second-order valence-electron chi connectivity index (χ2n) is 3.49. The van der Waals surface area contributed by atoms with Gasteiger partial charge >= 0.3 is 0 Å². The molecule has 0 amide bonds. The van der Waals surface area contributed by atoms with Crippen molar-refractivity contribution in [3.8, 4) is 16.8 Å². The van der Waals surface area contributed by atoms with Crippen molar-refractivity contribution < 1.29 is 0 Å². The summed E-state index contributed by atoms with van der Waals surface area (Å²) in [6.45, 7) is 0. The van der Waals surface area contributed by atoms with Crippen molar-refractivity contribution in [2.45, 2.75) is 0 Å². The van der Waals surface area contributed by atoms with Crippen LogP contribution in [-0.2, 0) is 0 Å². The average Bonchev–Trinajstić information content (AvgIpc) is 2.87. The van der Waals surface area contributed by atoms with Gasteiger partial charge in [-0.05, 0) is 24.3 Å². The molecule has 1 aromatic heterocycles. The Hall–Kier alpha value is -2.99. The van der Waals surface area contributed by atoms with Gasteiger partial charge in [-0.25, -0.2) is 4.99 Å². The summed E-state index contributed by atoms with van der Waals surface area (Å²) in [5.74, 6) is -0.0534. The van der Waals surface area contributed by atoms with Crippen LogP contribution in [0.3, 0.4) is 0 Å². The third-order valence-electron chi connectivity index (χ3n) is 2.10. The number of nitrogens with one attached hydrogen (secondary N) is 1. The first-order valence-electron chi connectivity index (χ1n) is 5.40. The molecule has 2 rings (SSSR count). The normalized spacial score (nSPS) is 10.2. The summed E-state index contributed by atoms with van der Waals surface area (Å²) in [6.07, 6.45) is 3.06. The summed E-state index contributed by atoms with van der Waals surface area (Å²) in [6, 6.07) is 7.29. The van der Waals surface area contributed by atoms with Crippen LogP contribution in [0, 0.1) is 11.5 Å². The van der Waals surface area contributed by atoms with Crippen LogP contribution in [0.5, 0.6) is 0 Å². The lowest BCUT2D eigenvalue weighted by Crippen LogP contribution is -2.21. The monoisotopic (exact) mass is 286 g/mol. The van der Waals surface area contributed by atoms with Crippen LogP contribution < -0.4 is 16.8 Å². The van der Waals surface area contributed by atoms with Crippen LogP contribution in [0.15, 0.2) is 34.3 Å². The fourth-order valence-corrected chi connectivity index (χ4v) is 2.05. The molecule has 0 spiro atoms. The molecule has 2 aromatic rings. The van der Waals surface area contributed by atoms with Crippen LogP contribution >= 0.6 is 11.3 Å². The molecular weight excluding hydrogens is 276 g/mol. The maximum Gasteiger partial charge on any atom is 0.235 e. The van der Waals surface area contributed by atoms with Gasteiger partial charge in [-0.1, -0.05) is 11.3 Å². The highest BCUT2D eigenvalue weighted by molar-refractivity contribution is 7.18. The summed E-state index contributed by atoms with van der Waals surface area (Å²) in [5.41, 5.74) is 12.1. The summed E-state index contributed by atoms with van der Waals surface area (Å²) >= 11 is 1.28. The highest BCUT2D eigenvalue weighted by atomic mass is 32.1. The van der Waals surface area contributed by atoms with Crippen LogP contribution in [0.2, 0.25) is 0 Å². The van der Waals surface area contributed by atoms with Crippen LogP contribution in [0.25, 0.3) is 10.6 Å². The van der Waals surface area contributed by atoms with Gasteiger partial charge in [0.1, 0.15) is 11.3 Å². The number of rotatable bonds is 4. The smallest absolute Gasteiger partial charge is 0.235 e. The average molecular weight is 286 g/mol. The van der Waals surface area contributed by atoms with Crippen LogP contribution in [0.1, 0.15) is 0 Å². The van der Waals surface area contributed by atoms with E-state index >= 15 is 0 Å². The Morgan fingerprint density at radius 3 is 2.70 bits per heavy atom. The second kappa shape index (κ2) is 6.26. The summed E-state index contributed by atoms with van der Waals surface area (Å²) in [5, 5.41) is 19.6. The van der Waals surface area contributed by atoms with Crippen molar-refractivity contribution in [1.29, 1.82) is 5.26 Å². The van der Waals surface area contributed by atoms with Crippen molar-refractivity contribution in [2.75, 3.05) is 0 Å². The first-order valence-corrected chi connectivity index (χ1v) is 6.21. The zero-order valence-corrected chi connectivity index (χ0v) is 11.0. The Labute approximate surface area is 118 Å². The maximum atomic E-state index is 8.31. The van der Waals surface area contributed by atoms with E-state index in [0.29, 0.717) is 15.8 Å². The molecule has 100 valence electrons. The van der Waals surface area contributed by atoms with Crippen molar-refractivity contribution in [1.82, 2.24) is 15.5 Å². The molecule has 0 aliphatic rings. The van der Waals surface area contributed by atoms with Crippen LogP contribution in [-0.4, -0.2) is 22.5 Å². The highest BCUT2D eigenvalue weighted by Gasteiger charge is 2.05. The van der Waals surface area contributed by atoms with E-state index in [0.717, 1.165) is 5.56 Å². The van der Waals surface area contributed by atoms with Gasteiger partial charge in [0.2, 0.25) is 5.13 Å². The van der Waals surface area contributed by atoms with Crippen molar-refractivity contribution >= 4 is 34.5 Å². The van der Waals surface area contributed by atoms with E-state index in [1.54, 1.807) is 18.3 Å². The minimum absolute atomic E-state index is 0.0534. The Morgan fingerprint density at radius 1 is 1.30 bits per heavy atom. The van der Waals surface area contributed by atoms with Gasteiger partial charge in [-0.3, -0.25) is 5.32 Å². The lowest BCUT2D eigenvalue weighted by molar-refractivity contribution is 1.08. The number of guanidine groups is 1. The number of nitriles is 1. The van der Waals surface area contributed by atoms with Crippen molar-refractivity contribution in [2.24, 2.45) is 21.5 Å². The van der Waals surface area contributed by atoms with Gasteiger partial charge < -0.3 is 11.5 Å². The second-order valence-corrected chi connectivity index (χ2v) is 4.44. The number of benzene rings is 1. The Morgan fingerprint density at radius 2 is 2.05 bits per heavy atom. The standard InChI is InChI=1S/C11H10N8S/c12-5-15-6-16-8-3-1-7(2-4-8)9-18-19-11(20-9)17-10(13)14/h1-4,6H,(H,15,16)(H4,13,14,17,19). The van der Waals surface area contributed by atoms with E-state index < -0.39 is 0 Å². The maximum absolute atomic E-state index is 8.31. The summed E-state index contributed by atoms with van der Waals surface area (Å²) < 4.78 is 0. The van der Waals surface area contributed by atoms with E-state index in [9.17, 15) is 0 Å². The topological polar surface area (TPSA) is 138 Å². The van der Waals surface area contributed by atoms with Gasteiger partial charge in [-0.15, -0.1) is 10.2 Å². The largest absolute Gasteiger partial charge is 0.370 e. The molecule has 0 saturated heterocycles. The van der Waals surface area contributed by atoms with Gasteiger partial charge in [0.25, 0.3) is 0 Å². The first kappa shape index (κ1) is 13.4. The molecule has 0 unspecified atom stereocenters. The Kier molecular flexibility index (Phi) is 4.21. The molecule has 5 N–H and O–H groups in total. The number of hydrogen-bond donors (Lipinski definition) is 3. The molecule has 1 heterocycles. The van der Waals surface area contributed by atoms with E-state index in [2.05, 4.69) is 25.5 Å². The van der Waals surface area contributed by atoms with Crippen LogP contribution in [0.4, 0.5) is 10.8 Å². The molecule has 0 aliphatic carbocycles. The molecule has 8 nitrogen and oxygen atoms in total. The molecule has 0 aliphatic heterocycles. The molecule has 20 heavy (non-hydrogen) atoms. The molecule has 1 aromatic carbocycles. The molecule has 0 bridgehead atoms. The number of nitrogens with two attached hydrogens (primary N) is 2. The lowest BCUT2D eigenvalue weighted by atomic mass is 10.2. The zero-order valence-electron chi connectivity index (χ0n) is 10.2. The number of nitrogens with zero attached hydrogens (tertiary/aromatic N) is 5. The van der Waals surface area contributed by atoms with E-state index in [1.165, 1.54) is 17.7 Å². The minimum Gasteiger partial charge on any atom is -0.370 e. The summed E-state index contributed by atoms with van der Waals surface area (Å²) in [7, 11) is 0. The quantitative estimate of drug-likeness (QED) is 0.329. The Bertz CT molecular complexity index is 675. The molecular formula is C11H10N8S. The molecule has 0 radical (unpaired) electrons. The number of aliphatic imine (C=N–C) groups is 2. The van der Waals surface area contributed by atoms with Gasteiger partial charge in [0.15, 0.2) is 12.2 Å². The zero-order chi connectivity index (χ0) is 14.4. The van der Waals surface area contributed by atoms with E-state index in [-0.39, 0.29) is 5.96 Å². The predicted octanol–water partition coefficient (Wildman–Crippen LogP) is 0.840. The van der Waals surface area contributed by atoms with E-state index in [1.807, 2.05) is 12.1 Å². The SMILES string of the molecule is N#CN/C=N/c1ccc(-c2nnc(N=C(N)N)s2)cc1. The molecule has 0 fully saturated rings. The third kappa shape index (κ3) is 3.50. The first-order chi connectivity index (χ1) is 9.69.